The third-order valence-corrected chi connectivity index (χ3v) is 4.49. The number of piperidine rings is 1. The number of benzene rings is 1. The second-order valence-corrected chi connectivity index (χ2v) is 6.30. The molecule has 1 unspecified atom stereocenters. The summed E-state index contributed by atoms with van der Waals surface area (Å²) in [5, 5.41) is 12.7. The highest BCUT2D eigenvalue weighted by Gasteiger charge is 2.27. The van der Waals surface area contributed by atoms with Crippen LogP contribution in [0.4, 0.5) is 0 Å². The van der Waals surface area contributed by atoms with E-state index in [1.54, 1.807) is 31.2 Å². The van der Waals surface area contributed by atoms with Crippen LogP contribution in [0.15, 0.2) is 28.8 Å². The van der Waals surface area contributed by atoms with Gasteiger partial charge in [0.05, 0.1) is 0 Å². The number of amides is 1. The highest BCUT2D eigenvalue weighted by Crippen LogP contribution is 2.24. The third kappa shape index (κ3) is 4.04. The lowest BCUT2D eigenvalue weighted by Crippen LogP contribution is -2.43. The molecular formula is C18H21N3O4. The fraction of sp³-hybridized carbons (Fsp3) is 0.444. The van der Waals surface area contributed by atoms with Crippen molar-refractivity contribution in [2.75, 3.05) is 6.54 Å². The molecule has 1 aliphatic heterocycles. The van der Waals surface area contributed by atoms with Gasteiger partial charge in [0.1, 0.15) is 0 Å². The van der Waals surface area contributed by atoms with E-state index in [1.165, 1.54) is 0 Å². The van der Waals surface area contributed by atoms with Gasteiger partial charge in [0.25, 0.3) is 11.8 Å². The quantitative estimate of drug-likeness (QED) is 0.896. The average Bonchev–Trinajstić information content (AvgIpc) is 3.06. The van der Waals surface area contributed by atoms with Crippen LogP contribution < -0.4 is 0 Å². The van der Waals surface area contributed by atoms with Gasteiger partial charge in [-0.2, -0.15) is 4.98 Å². The SMILES string of the molecule is Cc1noc(-c2ccc(C(=O)N3CCCCC3CCC(=O)O)cc2)n1. The Kier molecular flexibility index (Phi) is 5.11. The van der Waals surface area contributed by atoms with E-state index in [1.807, 2.05) is 4.90 Å². The predicted octanol–water partition coefficient (Wildman–Crippen LogP) is 2.90. The Morgan fingerprint density at radius 3 is 2.68 bits per heavy atom. The number of aliphatic carboxylic acids is 1. The normalized spacial score (nSPS) is 17.5. The highest BCUT2D eigenvalue weighted by molar-refractivity contribution is 5.95. The molecule has 132 valence electrons. The van der Waals surface area contributed by atoms with E-state index >= 15 is 0 Å². The molecule has 7 nitrogen and oxygen atoms in total. The minimum absolute atomic E-state index is 0.00406. The second-order valence-electron chi connectivity index (χ2n) is 6.30. The Bertz CT molecular complexity index is 754. The summed E-state index contributed by atoms with van der Waals surface area (Å²) in [7, 11) is 0. The number of aryl methyl sites for hydroxylation is 1. The van der Waals surface area contributed by atoms with Crippen LogP contribution in [0.3, 0.4) is 0 Å². The Morgan fingerprint density at radius 2 is 2.04 bits per heavy atom. The van der Waals surface area contributed by atoms with Gasteiger partial charge < -0.3 is 14.5 Å². The number of carbonyl (C=O) groups is 2. The predicted molar refractivity (Wildman–Crippen MR) is 90.0 cm³/mol. The molecule has 1 saturated heterocycles. The molecule has 1 N–H and O–H groups in total. The van der Waals surface area contributed by atoms with Crippen molar-refractivity contribution in [3.8, 4) is 11.5 Å². The summed E-state index contributed by atoms with van der Waals surface area (Å²) in [6, 6.07) is 7.07. The summed E-state index contributed by atoms with van der Waals surface area (Å²) in [4.78, 5) is 29.7. The van der Waals surface area contributed by atoms with Crippen LogP contribution in [0, 0.1) is 6.92 Å². The van der Waals surface area contributed by atoms with Gasteiger partial charge in [-0.05, 0) is 56.9 Å². The van der Waals surface area contributed by atoms with Crippen molar-refractivity contribution in [1.82, 2.24) is 15.0 Å². The van der Waals surface area contributed by atoms with Gasteiger partial charge in [0.15, 0.2) is 5.82 Å². The molecule has 1 atom stereocenters. The average molecular weight is 343 g/mol. The Morgan fingerprint density at radius 1 is 1.28 bits per heavy atom. The zero-order valence-electron chi connectivity index (χ0n) is 14.1. The number of rotatable bonds is 5. The first kappa shape index (κ1) is 17.1. The first-order valence-electron chi connectivity index (χ1n) is 8.48. The highest BCUT2D eigenvalue weighted by atomic mass is 16.5. The lowest BCUT2D eigenvalue weighted by molar-refractivity contribution is -0.137. The van der Waals surface area contributed by atoms with Gasteiger partial charge in [0.2, 0.25) is 0 Å². The maximum absolute atomic E-state index is 12.8. The molecule has 1 amide bonds. The van der Waals surface area contributed by atoms with E-state index in [-0.39, 0.29) is 18.4 Å². The van der Waals surface area contributed by atoms with Gasteiger partial charge in [-0.3, -0.25) is 9.59 Å². The third-order valence-electron chi connectivity index (χ3n) is 4.49. The molecule has 1 aliphatic rings. The number of hydrogen-bond acceptors (Lipinski definition) is 5. The molecule has 0 aliphatic carbocycles. The maximum Gasteiger partial charge on any atom is 0.303 e. The molecule has 0 radical (unpaired) electrons. The minimum Gasteiger partial charge on any atom is -0.481 e. The number of aromatic nitrogens is 2. The van der Waals surface area contributed by atoms with Gasteiger partial charge >= 0.3 is 5.97 Å². The topological polar surface area (TPSA) is 96.5 Å². The van der Waals surface area contributed by atoms with Gasteiger partial charge in [0, 0.05) is 30.1 Å². The van der Waals surface area contributed by atoms with Crippen LogP contribution in [0.1, 0.15) is 48.3 Å². The molecule has 1 aromatic carbocycles. The molecular weight excluding hydrogens is 322 g/mol. The summed E-state index contributed by atoms with van der Waals surface area (Å²) in [5.41, 5.74) is 1.35. The summed E-state index contributed by atoms with van der Waals surface area (Å²) in [6.07, 6.45) is 3.43. The number of carboxylic acids is 1. The van der Waals surface area contributed by atoms with E-state index in [0.717, 1.165) is 24.8 Å². The van der Waals surface area contributed by atoms with Gasteiger partial charge in [-0.25, -0.2) is 0 Å². The molecule has 0 spiro atoms. The molecule has 1 fully saturated rings. The van der Waals surface area contributed by atoms with Crippen molar-refractivity contribution in [1.29, 1.82) is 0 Å². The summed E-state index contributed by atoms with van der Waals surface area (Å²) < 4.78 is 5.13. The molecule has 0 saturated carbocycles. The van der Waals surface area contributed by atoms with E-state index in [2.05, 4.69) is 10.1 Å². The van der Waals surface area contributed by atoms with E-state index in [0.29, 0.717) is 30.2 Å². The van der Waals surface area contributed by atoms with Crippen molar-refractivity contribution in [2.45, 2.75) is 45.1 Å². The molecule has 1 aromatic heterocycles. The van der Waals surface area contributed by atoms with Crippen LogP contribution >= 0.6 is 0 Å². The second kappa shape index (κ2) is 7.46. The Labute approximate surface area is 145 Å². The number of carbonyl (C=O) groups excluding carboxylic acids is 1. The number of nitrogens with zero attached hydrogens (tertiary/aromatic N) is 3. The Hall–Kier alpha value is -2.70. The fourth-order valence-electron chi connectivity index (χ4n) is 3.19. The molecule has 2 heterocycles. The van der Waals surface area contributed by atoms with Crippen LogP contribution in [0.25, 0.3) is 11.5 Å². The summed E-state index contributed by atoms with van der Waals surface area (Å²) in [6.45, 7) is 2.42. The molecule has 2 aromatic rings. The minimum atomic E-state index is -0.822. The Balaban J connectivity index is 1.73. The molecule has 7 heteroatoms. The zero-order valence-corrected chi connectivity index (χ0v) is 14.1. The fourth-order valence-corrected chi connectivity index (χ4v) is 3.19. The maximum atomic E-state index is 12.8. The monoisotopic (exact) mass is 343 g/mol. The van der Waals surface area contributed by atoms with E-state index in [9.17, 15) is 9.59 Å². The van der Waals surface area contributed by atoms with Gasteiger partial charge in [-0.15, -0.1) is 0 Å². The van der Waals surface area contributed by atoms with Crippen LogP contribution in [-0.2, 0) is 4.79 Å². The van der Waals surface area contributed by atoms with Crippen LogP contribution in [-0.4, -0.2) is 44.6 Å². The van der Waals surface area contributed by atoms with Crippen molar-refractivity contribution in [3.63, 3.8) is 0 Å². The van der Waals surface area contributed by atoms with Crippen molar-refractivity contribution >= 4 is 11.9 Å². The van der Waals surface area contributed by atoms with E-state index < -0.39 is 5.97 Å². The number of hydrogen-bond donors (Lipinski definition) is 1. The number of carboxylic acid groups (broad SMARTS) is 1. The van der Waals surface area contributed by atoms with Crippen LogP contribution in [0.5, 0.6) is 0 Å². The zero-order chi connectivity index (χ0) is 17.8. The standard InChI is InChI=1S/C18H21N3O4/c1-12-19-17(25-20-12)13-5-7-14(8-6-13)18(24)21-11-3-2-4-15(21)9-10-16(22)23/h5-8,15H,2-4,9-11H2,1H3,(H,22,23). The first-order chi connectivity index (χ1) is 12.0. The van der Waals surface area contributed by atoms with E-state index in [4.69, 9.17) is 9.63 Å². The summed E-state index contributed by atoms with van der Waals surface area (Å²) in [5.74, 6) is 0.110. The lowest BCUT2D eigenvalue weighted by atomic mass is 9.96. The summed E-state index contributed by atoms with van der Waals surface area (Å²) >= 11 is 0. The first-order valence-corrected chi connectivity index (χ1v) is 8.48. The smallest absolute Gasteiger partial charge is 0.303 e. The van der Waals surface area contributed by atoms with Crippen molar-refractivity contribution in [3.05, 3.63) is 35.7 Å². The lowest BCUT2D eigenvalue weighted by Gasteiger charge is -2.35. The van der Waals surface area contributed by atoms with Gasteiger partial charge in [-0.1, -0.05) is 5.16 Å². The molecule has 25 heavy (non-hydrogen) atoms. The largest absolute Gasteiger partial charge is 0.481 e. The van der Waals surface area contributed by atoms with Crippen molar-refractivity contribution in [2.24, 2.45) is 0 Å². The molecule has 0 bridgehead atoms. The number of likely N-dealkylation sites (tertiary alicyclic amines) is 1. The van der Waals surface area contributed by atoms with Crippen molar-refractivity contribution < 1.29 is 19.2 Å². The van der Waals surface area contributed by atoms with Crippen LogP contribution in [0.2, 0.25) is 0 Å². The molecule has 3 rings (SSSR count).